The lowest BCUT2D eigenvalue weighted by Gasteiger charge is -2.24. The van der Waals surface area contributed by atoms with Crippen molar-refractivity contribution < 1.29 is 13.9 Å². The van der Waals surface area contributed by atoms with Gasteiger partial charge in [-0.15, -0.1) is 0 Å². The Balaban J connectivity index is 2.31. The van der Waals surface area contributed by atoms with Gasteiger partial charge in [-0.2, -0.15) is 0 Å². The molecule has 16 heavy (non-hydrogen) atoms. The highest BCUT2D eigenvalue weighted by Gasteiger charge is 2.36. The summed E-state index contributed by atoms with van der Waals surface area (Å²) in [5.41, 5.74) is 0.613. The molecule has 0 aliphatic carbocycles. The standard InChI is InChI=1S/C12H17NO3/c1-12(2,3)11(14)13-6-5-8-9(15-4)7-16-10(8)13/h7H,5-6H2,1-4H3. The van der Waals surface area contributed by atoms with Gasteiger partial charge in [-0.3, -0.25) is 9.69 Å². The maximum atomic E-state index is 12.2. The average molecular weight is 223 g/mol. The lowest BCUT2D eigenvalue weighted by molar-refractivity contribution is -0.125. The molecule has 0 spiro atoms. The number of carbonyl (C=O) groups is 1. The maximum Gasteiger partial charge on any atom is 0.234 e. The van der Waals surface area contributed by atoms with Gasteiger partial charge in [0.1, 0.15) is 6.26 Å². The number of rotatable bonds is 1. The fourth-order valence-corrected chi connectivity index (χ4v) is 1.91. The van der Waals surface area contributed by atoms with Crippen LogP contribution < -0.4 is 9.64 Å². The Morgan fingerprint density at radius 3 is 2.75 bits per heavy atom. The van der Waals surface area contributed by atoms with Crippen molar-refractivity contribution in [2.24, 2.45) is 5.41 Å². The molecule has 2 heterocycles. The molecule has 0 N–H and O–H groups in total. The first kappa shape index (κ1) is 11.0. The van der Waals surface area contributed by atoms with E-state index in [0.717, 1.165) is 17.7 Å². The summed E-state index contributed by atoms with van der Waals surface area (Å²) in [6, 6.07) is 0. The van der Waals surface area contributed by atoms with Crippen LogP contribution >= 0.6 is 0 Å². The topological polar surface area (TPSA) is 42.7 Å². The number of fused-ring (bicyclic) bond motifs is 1. The third kappa shape index (κ3) is 1.58. The molecule has 0 atom stereocenters. The molecule has 1 aromatic heterocycles. The molecule has 0 bridgehead atoms. The van der Waals surface area contributed by atoms with Crippen LogP contribution in [0.4, 0.5) is 5.88 Å². The summed E-state index contributed by atoms with van der Waals surface area (Å²) in [7, 11) is 1.61. The van der Waals surface area contributed by atoms with Crippen molar-refractivity contribution in [2.45, 2.75) is 27.2 Å². The van der Waals surface area contributed by atoms with Crippen LogP contribution in [0, 0.1) is 5.41 Å². The van der Waals surface area contributed by atoms with Crippen LogP contribution in [0.3, 0.4) is 0 Å². The smallest absolute Gasteiger partial charge is 0.234 e. The molecule has 4 heteroatoms. The lowest BCUT2D eigenvalue weighted by Crippen LogP contribution is -2.38. The van der Waals surface area contributed by atoms with Crippen LogP contribution in [0.25, 0.3) is 0 Å². The number of nitrogens with zero attached hydrogens (tertiary/aromatic N) is 1. The second-order valence-corrected chi connectivity index (χ2v) is 5.04. The number of carbonyl (C=O) groups excluding carboxylic acids is 1. The van der Waals surface area contributed by atoms with Gasteiger partial charge in [0.05, 0.1) is 12.7 Å². The molecule has 2 rings (SSSR count). The highest BCUT2D eigenvalue weighted by atomic mass is 16.5. The Bertz CT molecular complexity index is 414. The zero-order chi connectivity index (χ0) is 11.9. The van der Waals surface area contributed by atoms with Gasteiger partial charge in [-0.05, 0) is 6.42 Å². The van der Waals surface area contributed by atoms with Crippen molar-refractivity contribution in [1.82, 2.24) is 0 Å². The fraction of sp³-hybridized carbons (Fsp3) is 0.583. The predicted molar refractivity (Wildman–Crippen MR) is 60.8 cm³/mol. The Labute approximate surface area is 95.2 Å². The first-order valence-electron chi connectivity index (χ1n) is 5.41. The second kappa shape index (κ2) is 3.54. The quantitative estimate of drug-likeness (QED) is 0.733. The van der Waals surface area contributed by atoms with Gasteiger partial charge in [-0.1, -0.05) is 20.8 Å². The van der Waals surface area contributed by atoms with Gasteiger partial charge < -0.3 is 9.15 Å². The zero-order valence-corrected chi connectivity index (χ0v) is 10.2. The van der Waals surface area contributed by atoms with E-state index in [1.807, 2.05) is 20.8 Å². The molecular formula is C12H17NO3. The van der Waals surface area contributed by atoms with E-state index >= 15 is 0 Å². The van der Waals surface area contributed by atoms with Crippen LogP contribution in [0.2, 0.25) is 0 Å². The van der Waals surface area contributed by atoms with Crippen LogP contribution in [0.1, 0.15) is 26.3 Å². The van der Waals surface area contributed by atoms with Crippen LogP contribution in [0.5, 0.6) is 5.75 Å². The number of amides is 1. The van der Waals surface area contributed by atoms with E-state index in [0.29, 0.717) is 12.4 Å². The SMILES string of the molecule is COc1coc2c1CCN2C(=O)C(C)(C)C. The molecule has 0 aromatic carbocycles. The highest BCUT2D eigenvalue weighted by Crippen LogP contribution is 2.38. The van der Waals surface area contributed by atoms with Gasteiger partial charge in [0, 0.05) is 12.0 Å². The minimum atomic E-state index is -0.387. The van der Waals surface area contributed by atoms with Crippen molar-refractivity contribution in [3.8, 4) is 5.75 Å². The minimum absolute atomic E-state index is 0.0863. The summed E-state index contributed by atoms with van der Waals surface area (Å²) in [5, 5.41) is 0. The van der Waals surface area contributed by atoms with E-state index in [-0.39, 0.29) is 11.3 Å². The number of hydrogen-bond donors (Lipinski definition) is 0. The number of hydrogen-bond acceptors (Lipinski definition) is 3. The summed E-state index contributed by atoms with van der Waals surface area (Å²) in [5.74, 6) is 1.47. The summed E-state index contributed by atoms with van der Waals surface area (Å²) in [6.45, 7) is 6.41. The normalized spacial score (nSPS) is 15.1. The predicted octanol–water partition coefficient (Wildman–Crippen LogP) is 2.22. The van der Waals surface area contributed by atoms with Crippen LogP contribution in [0.15, 0.2) is 10.7 Å². The molecule has 0 radical (unpaired) electrons. The highest BCUT2D eigenvalue weighted by molar-refractivity contribution is 5.97. The fourth-order valence-electron chi connectivity index (χ4n) is 1.91. The Morgan fingerprint density at radius 2 is 2.19 bits per heavy atom. The summed E-state index contributed by atoms with van der Waals surface area (Å²) in [4.78, 5) is 13.9. The molecular weight excluding hydrogens is 206 g/mol. The van der Waals surface area contributed by atoms with Crippen molar-refractivity contribution in [1.29, 1.82) is 0 Å². The average Bonchev–Trinajstić information content (AvgIpc) is 2.74. The van der Waals surface area contributed by atoms with E-state index in [1.54, 1.807) is 18.3 Å². The van der Waals surface area contributed by atoms with Gasteiger partial charge in [0.25, 0.3) is 0 Å². The summed E-state index contributed by atoms with van der Waals surface area (Å²) < 4.78 is 10.6. The minimum Gasteiger partial charge on any atom is -0.493 e. The molecule has 1 aliphatic heterocycles. The molecule has 88 valence electrons. The Hall–Kier alpha value is -1.45. The van der Waals surface area contributed by atoms with Crippen molar-refractivity contribution in [3.63, 3.8) is 0 Å². The second-order valence-electron chi connectivity index (χ2n) is 5.04. The molecule has 4 nitrogen and oxygen atoms in total. The molecule has 0 unspecified atom stereocenters. The largest absolute Gasteiger partial charge is 0.493 e. The van der Waals surface area contributed by atoms with Gasteiger partial charge in [-0.25, -0.2) is 0 Å². The van der Waals surface area contributed by atoms with Crippen LogP contribution in [-0.2, 0) is 11.2 Å². The first-order valence-corrected chi connectivity index (χ1v) is 5.41. The van der Waals surface area contributed by atoms with E-state index in [4.69, 9.17) is 9.15 Å². The Morgan fingerprint density at radius 1 is 1.50 bits per heavy atom. The number of furan rings is 1. The maximum absolute atomic E-state index is 12.2. The van der Waals surface area contributed by atoms with E-state index in [1.165, 1.54) is 0 Å². The van der Waals surface area contributed by atoms with E-state index < -0.39 is 0 Å². The van der Waals surface area contributed by atoms with Crippen molar-refractivity contribution in [2.75, 3.05) is 18.6 Å². The zero-order valence-electron chi connectivity index (χ0n) is 10.2. The Kier molecular flexibility index (Phi) is 2.45. The summed E-state index contributed by atoms with van der Waals surface area (Å²) in [6.07, 6.45) is 2.36. The van der Waals surface area contributed by atoms with Gasteiger partial charge in [0.2, 0.25) is 11.8 Å². The number of methoxy groups -OCH3 is 1. The molecule has 1 aromatic rings. The lowest BCUT2D eigenvalue weighted by atomic mass is 9.95. The first-order chi connectivity index (χ1) is 7.45. The summed E-state index contributed by atoms with van der Waals surface area (Å²) >= 11 is 0. The van der Waals surface area contributed by atoms with E-state index in [9.17, 15) is 4.79 Å². The third-order valence-corrected chi connectivity index (χ3v) is 2.77. The van der Waals surface area contributed by atoms with Crippen molar-refractivity contribution in [3.05, 3.63) is 11.8 Å². The third-order valence-electron chi connectivity index (χ3n) is 2.77. The number of ether oxygens (including phenoxy) is 1. The van der Waals surface area contributed by atoms with Crippen LogP contribution in [-0.4, -0.2) is 19.6 Å². The molecule has 1 amide bonds. The molecule has 1 aliphatic rings. The monoisotopic (exact) mass is 223 g/mol. The van der Waals surface area contributed by atoms with Gasteiger partial charge >= 0.3 is 0 Å². The van der Waals surface area contributed by atoms with Crippen molar-refractivity contribution >= 4 is 11.8 Å². The number of anilines is 1. The van der Waals surface area contributed by atoms with Gasteiger partial charge in [0.15, 0.2) is 5.75 Å². The molecule has 0 fully saturated rings. The molecule has 0 saturated heterocycles. The molecule has 0 saturated carbocycles. The van der Waals surface area contributed by atoms with E-state index in [2.05, 4.69) is 0 Å².